The van der Waals surface area contributed by atoms with Crippen molar-refractivity contribution in [3.05, 3.63) is 46.0 Å². The lowest BCUT2D eigenvalue weighted by Crippen LogP contribution is -2.21. The molecule has 0 fully saturated rings. The minimum Gasteiger partial charge on any atom is -0.455 e. The van der Waals surface area contributed by atoms with Gasteiger partial charge in [-0.05, 0) is 42.9 Å². The highest BCUT2D eigenvalue weighted by Crippen LogP contribution is 2.39. The number of rotatable bonds is 5. The van der Waals surface area contributed by atoms with Crippen LogP contribution in [0.5, 0.6) is 0 Å². The molecule has 1 aromatic carbocycles. The summed E-state index contributed by atoms with van der Waals surface area (Å²) in [5.74, 6) is -0.463. The molecule has 1 aliphatic rings. The first-order valence-corrected chi connectivity index (χ1v) is 10.2. The number of amides is 1. The number of nitriles is 1. The second kappa shape index (κ2) is 8.05. The predicted octanol–water partition coefficient (Wildman–Crippen LogP) is 3.61. The molecule has 2 aromatic heterocycles. The third-order valence-electron chi connectivity index (χ3n) is 5.00. The number of carbonyl (C=O) groups excluding carboxylic acids is 2. The number of fused-ring (bicyclic) bond motifs is 2. The number of anilines is 1. The van der Waals surface area contributed by atoms with E-state index >= 15 is 0 Å². The van der Waals surface area contributed by atoms with Gasteiger partial charge < -0.3 is 14.6 Å². The number of nitrogens with zero attached hydrogens (tertiary/aromatic N) is 2. The molecule has 148 valence electrons. The van der Waals surface area contributed by atoms with Crippen molar-refractivity contribution in [2.45, 2.75) is 32.6 Å². The van der Waals surface area contributed by atoms with Gasteiger partial charge in [-0.15, -0.1) is 11.3 Å². The number of nitrogens with one attached hydrogen (secondary N) is 1. The molecule has 0 saturated heterocycles. The van der Waals surface area contributed by atoms with Crippen LogP contribution >= 0.6 is 11.3 Å². The zero-order valence-corrected chi connectivity index (χ0v) is 16.7. The maximum atomic E-state index is 12.3. The molecule has 4 rings (SSSR count). The Morgan fingerprint density at radius 1 is 1.41 bits per heavy atom. The van der Waals surface area contributed by atoms with Crippen LogP contribution in [0.2, 0.25) is 0 Å². The van der Waals surface area contributed by atoms with E-state index in [1.165, 1.54) is 11.3 Å². The van der Waals surface area contributed by atoms with E-state index in [9.17, 15) is 14.9 Å². The van der Waals surface area contributed by atoms with Gasteiger partial charge in [0.05, 0.1) is 12.0 Å². The Balaban J connectivity index is 1.36. The molecule has 0 saturated carbocycles. The van der Waals surface area contributed by atoms with Crippen LogP contribution in [0.25, 0.3) is 11.0 Å². The zero-order chi connectivity index (χ0) is 20.4. The fourth-order valence-corrected chi connectivity index (χ4v) is 4.90. The quantitative estimate of drug-likeness (QED) is 0.646. The first-order chi connectivity index (χ1) is 14.0. The van der Waals surface area contributed by atoms with Gasteiger partial charge >= 0.3 is 5.97 Å². The maximum absolute atomic E-state index is 12.3. The lowest BCUT2D eigenvalue weighted by atomic mass is 9.89. The smallest absolute Gasteiger partial charge is 0.312 e. The van der Waals surface area contributed by atoms with Crippen molar-refractivity contribution in [3.8, 4) is 6.07 Å². The number of carbonyl (C=O) groups is 2. The molecule has 0 spiro atoms. The van der Waals surface area contributed by atoms with Gasteiger partial charge in [-0.25, -0.2) is 0 Å². The summed E-state index contributed by atoms with van der Waals surface area (Å²) in [5.41, 5.74) is 2.64. The molecule has 2 heterocycles. The number of thiophene rings is 1. The number of esters is 1. The molecule has 0 bridgehead atoms. The molecule has 1 aliphatic carbocycles. The van der Waals surface area contributed by atoms with Crippen LogP contribution in [0.4, 0.5) is 5.00 Å². The Labute approximate surface area is 171 Å². The van der Waals surface area contributed by atoms with Gasteiger partial charge in [0.1, 0.15) is 16.8 Å². The van der Waals surface area contributed by atoms with E-state index in [0.29, 0.717) is 27.8 Å². The highest BCUT2D eigenvalue weighted by molar-refractivity contribution is 7.16. The summed E-state index contributed by atoms with van der Waals surface area (Å²) < 4.78 is 10.2. The Bertz CT molecular complexity index is 1120. The summed E-state index contributed by atoms with van der Waals surface area (Å²) in [6, 6.07) is 9.42. The largest absolute Gasteiger partial charge is 0.455 e. The van der Waals surface area contributed by atoms with Gasteiger partial charge in [0.25, 0.3) is 5.91 Å². The normalized spacial score (nSPS) is 15.5. The minimum atomic E-state index is -0.570. The Morgan fingerprint density at radius 3 is 3.07 bits per heavy atom. The summed E-state index contributed by atoms with van der Waals surface area (Å²) >= 11 is 1.44. The molecule has 1 amide bonds. The fourth-order valence-electron chi connectivity index (χ4n) is 3.52. The number of aromatic nitrogens is 1. The fraction of sp³-hybridized carbons (Fsp3) is 0.333. The van der Waals surface area contributed by atoms with E-state index in [2.05, 4.69) is 23.5 Å². The molecule has 1 atom stereocenters. The van der Waals surface area contributed by atoms with Crippen molar-refractivity contribution in [1.82, 2.24) is 5.16 Å². The summed E-state index contributed by atoms with van der Waals surface area (Å²) in [5, 5.41) is 17.4. The standard InChI is InChI=1S/C21H19N3O4S/c1-12-6-7-13-15(10-22)21(29-18(13)8-12)23-19(25)11-27-20(26)9-16-14-4-2-3-5-17(14)28-24-16/h2-5,12H,6-9,11H2,1H3,(H,23,25)/t12-/m1/s1. The number of hydrogen-bond donors (Lipinski definition) is 1. The zero-order valence-electron chi connectivity index (χ0n) is 15.9. The van der Waals surface area contributed by atoms with Gasteiger partial charge in [0, 0.05) is 10.3 Å². The van der Waals surface area contributed by atoms with E-state index in [4.69, 9.17) is 9.26 Å². The van der Waals surface area contributed by atoms with Gasteiger partial charge in [0.2, 0.25) is 0 Å². The number of hydrogen-bond acceptors (Lipinski definition) is 7. The molecule has 7 nitrogen and oxygen atoms in total. The molecule has 3 aromatic rings. The van der Waals surface area contributed by atoms with Gasteiger partial charge in [-0.1, -0.05) is 24.2 Å². The molecule has 1 N–H and O–H groups in total. The first kappa shape index (κ1) is 19.2. The SMILES string of the molecule is C[C@@H]1CCc2c(sc(NC(=O)COC(=O)Cc3noc4ccccc34)c2C#N)C1. The van der Waals surface area contributed by atoms with E-state index in [0.717, 1.165) is 35.1 Å². The van der Waals surface area contributed by atoms with Crippen molar-refractivity contribution in [2.75, 3.05) is 11.9 Å². The summed E-state index contributed by atoms with van der Waals surface area (Å²) in [6.45, 7) is 1.77. The first-order valence-electron chi connectivity index (χ1n) is 9.38. The van der Waals surface area contributed by atoms with Crippen molar-refractivity contribution in [1.29, 1.82) is 5.26 Å². The minimum absolute atomic E-state index is 0.0844. The molecular weight excluding hydrogens is 390 g/mol. The summed E-state index contributed by atoms with van der Waals surface area (Å²) in [7, 11) is 0. The van der Waals surface area contributed by atoms with E-state index in [1.54, 1.807) is 6.07 Å². The van der Waals surface area contributed by atoms with E-state index in [-0.39, 0.29) is 6.42 Å². The lowest BCUT2D eigenvalue weighted by molar-refractivity contribution is -0.146. The maximum Gasteiger partial charge on any atom is 0.312 e. The highest BCUT2D eigenvalue weighted by atomic mass is 32.1. The lowest BCUT2D eigenvalue weighted by Gasteiger charge is -2.17. The average molecular weight is 409 g/mol. The van der Waals surface area contributed by atoms with Crippen LogP contribution in [0, 0.1) is 17.2 Å². The Kier molecular flexibility index (Phi) is 5.32. The number of benzene rings is 1. The van der Waals surface area contributed by atoms with Gasteiger partial charge in [-0.2, -0.15) is 5.26 Å². The highest BCUT2D eigenvalue weighted by Gasteiger charge is 2.25. The van der Waals surface area contributed by atoms with Crippen LogP contribution in [-0.2, 0) is 33.6 Å². The van der Waals surface area contributed by atoms with Gasteiger partial charge in [-0.3, -0.25) is 9.59 Å². The third-order valence-corrected chi connectivity index (χ3v) is 6.17. The van der Waals surface area contributed by atoms with Crippen molar-refractivity contribution in [2.24, 2.45) is 5.92 Å². The molecule has 29 heavy (non-hydrogen) atoms. The van der Waals surface area contributed by atoms with Crippen LogP contribution in [0.3, 0.4) is 0 Å². The van der Waals surface area contributed by atoms with Crippen LogP contribution in [0.15, 0.2) is 28.8 Å². The van der Waals surface area contributed by atoms with Crippen molar-refractivity contribution >= 4 is 39.2 Å². The van der Waals surface area contributed by atoms with E-state index < -0.39 is 18.5 Å². The molecule has 0 aliphatic heterocycles. The van der Waals surface area contributed by atoms with Crippen LogP contribution in [-0.4, -0.2) is 23.6 Å². The van der Waals surface area contributed by atoms with Gasteiger partial charge in [0.15, 0.2) is 12.2 Å². The second-order valence-corrected chi connectivity index (χ2v) is 8.28. The van der Waals surface area contributed by atoms with Crippen molar-refractivity contribution < 1.29 is 18.8 Å². The molecule has 0 radical (unpaired) electrons. The second-order valence-electron chi connectivity index (χ2n) is 7.18. The summed E-state index contributed by atoms with van der Waals surface area (Å²) in [6.07, 6.45) is 2.73. The van der Waals surface area contributed by atoms with Crippen molar-refractivity contribution in [3.63, 3.8) is 0 Å². The van der Waals surface area contributed by atoms with E-state index in [1.807, 2.05) is 18.2 Å². The molecular formula is C21H19N3O4S. The average Bonchev–Trinajstić information content (AvgIpc) is 3.26. The predicted molar refractivity (Wildman–Crippen MR) is 108 cm³/mol. The monoisotopic (exact) mass is 409 g/mol. The number of ether oxygens (including phenoxy) is 1. The van der Waals surface area contributed by atoms with Crippen LogP contribution < -0.4 is 5.32 Å². The Hall–Kier alpha value is -3.18. The number of para-hydroxylation sites is 1. The third kappa shape index (κ3) is 4.00. The van der Waals surface area contributed by atoms with Crippen LogP contribution in [0.1, 0.15) is 35.0 Å². The summed E-state index contributed by atoms with van der Waals surface area (Å²) in [4.78, 5) is 25.5. The molecule has 8 heteroatoms. The Morgan fingerprint density at radius 2 is 2.24 bits per heavy atom. The topological polar surface area (TPSA) is 105 Å². The molecule has 0 unspecified atom stereocenters.